The molecule has 1 nitrogen and oxygen atoms in total. The van der Waals surface area contributed by atoms with Gasteiger partial charge in [0.05, 0.1) is 0 Å². The Kier molecular flexibility index (Phi) is 8.65. The van der Waals surface area contributed by atoms with Gasteiger partial charge in [-0.1, -0.05) is 190 Å². The van der Waals surface area contributed by atoms with Gasteiger partial charge in [-0.25, -0.2) is 0 Å². The maximum atomic E-state index is 2.42. The van der Waals surface area contributed by atoms with E-state index in [1.54, 1.807) is 0 Å². The smallest absolute Gasteiger partial charge is 0.0462 e. The number of allylic oxidation sites excluding steroid dienone is 6. The van der Waals surface area contributed by atoms with Gasteiger partial charge in [-0.05, 0) is 114 Å². The Hall–Kier alpha value is -6.96. The van der Waals surface area contributed by atoms with Gasteiger partial charge in [0.1, 0.15) is 0 Å². The molecule has 0 bridgehead atoms. The van der Waals surface area contributed by atoms with Crippen molar-refractivity contribution in [1.82, 2.24) is 0 Å². The normalized spacial score (nSPS) is 15.3. The van der Waals surface area contributed by atoms with Crippen molar-refractivity contribution in [2.45, 2.75) is 25.2 Å². The van der Waals surface area contributed by atoms with Crippen molar-refractivity contribution in [2.24, 2.45) is 0 Å². The fraction of sp³-hybridized carbons (Fsp3) is 0.0714. The van der Waals surface area contributed by atoms with E-state index in [1.165, 1.54) is 72.0 Å². The van der Waals surface area contributed by atoms with Crippen LogP contribution in [0.2, 0.25) is 0 Å². The van der Waals surface area contributed by atoms with Gasteiger partial charge in [0.2, 0.25) is 0 Å². The predicted octanol–water partition coefficient (Wildman–Crippen LogP) is 15.3. The third-order valence-corrected chi connectivity index (χ3v) is 12.0. The first-order valence-electron chi connectivity index (χ1n) is 20.0. The number of benzene rings is 8. The lowest BCUT2D eigenvalue weighted by Gasteiger charge is -2.26. The Bertz CT molecular complexity index is 2820. The highest BCUT2D eigenvalue weighted by atomic mass is 15.1. The first-order chi connectivity index (χ1) is 28.0. The van der Waals surface area contributed by atoms with E-state index in [1.807, 2.05) is 0 Å². The van der Waals surface area contributed by atoms with E-state index in [9.17, 15) is 0 Å². The zero-order valence-corrected chi connectivity index (χ0v) is 32.3. The van der Waals surface area contributed by atoms with E-state index in [0.717, 1.165) is 17.1 Å². The van der Waals surface area contributed by atoms with E-state index in [2.05, 4.69) is 237 Å². The topological polar surface area (TPSA) is 3.24 Å². The maximum absolute atomic E-state index is 2.42. The summed E-state index contributed by atoms with van der Waals surface area (Å²) in [4.78, 5) is 2.36. The second kappa shape index (κ2) is 14.3. The fourth-order valence-electron chi connectivity index (χ4n) is 8.89. The molecule has 0 heterocycles. The summed E-state index contributed by atoms with van der Waals surface area (Å²) in [6.45, 7) is 4.74. The Morgan fingerprint density at radius 1 is 0.421 bits per heavy atom. The van der Waals surface area contributed by atoms with Crippen LogP contribution in [-0.4, -0.2) is 0 Å². The number of rotatable bonds is 7. The molecule has 2 aliphatic carbocycles. The lowest BCUT2D eigenvalue weighted by molar-refractivity contribution is 0.654. The minimum Gasteiger partial charge on any atom is -0.311 e. The van der Waals surface area contributed by atoms with Crippen LogP contribution in [0.1, 0.15) is 36.5 Å². The van der Waals surface area contributed by atoms with Gasteiger partial charge >= 0.3 is 0 Å². The minimum atomic E-state index is -0.103. The van der Waals surface area contributed by atoms with Gasteiger partial charge in [-0.3, -0.25) is 0 Å². The third-order valence-electron chi connectivity index (χ3n) is 12.0. The van der Waals surface area contributed by atoms with Crippen LogP contribution >= 0.6 is 0 Å². The average molecular weight is 730 g/mol. The van der Waals surface area contributed by atoms with Crippen molar-refractivity contribution in [2.75, 3.05) is 4.90 Å². The van der Waals surface area contributed by atoms with Crippen LogP contribution in [0.3, 0.4) is 0 Å². The Balaban J connectivity index is 0.982. The molecule has 0 aromatic heterocycles. The summed E-state index contributed by atoms with van der Waals surface area (Å²) in [6, 6.07) is 70.6. The summed E-state index contributed by atoms with van der Waals surface area (Å²) in [5.74, 6) is 0.275. The first-order valence-corrected chi connectivity index (χ1v) is 20.0. The number of anilines is 3. The van der Waals surface area contributed by atoms with Crippen LogP contribution in [0.4, 0.5) is 17.1 Å². The predicted molar refractivity (Wildman–Crippen MR) is 242 cm³/mol. The highest BCUT2D eigenvalue weighted by Gasteiger charge is 2.36. The Morgan fingerprint density at radius 3 is 1.63 bits per heavy atom. The maximum Gasteiger partial charge on any atom is 0.0462 e. The van der Waals surface area contributed by atoms with Crippen molar-refractivity contribution < 1.29 is 0 Å². The summed E-state index contributed by atoms with van der Waals surface area (Å²) in [5.41, 5.74) is 17.3. The van der Waals surface area contributed by atoms with Crippen molar-refractivity contribution in [1.29, 1.82) is 0 Å². The molecule has 272 valence electrons. The summed E-state index contributed by atoms with van der Waals surface area (Å²) in [7, 11) is 0. The minimum absolute atomic E-state index is 0.103. The molecular weight excluding hydrogens is 687 g/mol. The molecule has 1 heteroatoms. The average Bonchev–Trinajstić information content (AvgIpc) is 3.38. The van der Waals surface area contributed by atoms with Crippen LogP contribution in [-0.2, 0) is 5.41 Å². The standard InChI is InChI=1S/C56H43N/c1-56(2)54-37-28-42(40-14-7-4-8-15-40)26-35-52(54)53-36-27-46(38-55(53)56)43-22-31-48(32-23-43)57(47-29-20-41(21-30-47)39-12-5-3-6-13-39)49-33-24-45(25-34-49)51-19-11-17-44-16-9-10-18-50(44)51/h3-38,42H,1-2H3. The van der Waals surface area contributed by atoms with E-state index in [-0.39, 0.29) is 11.3 Å². The highest BCUT2D eigenvalue weighted by Crippen LogP contribution is 2.50. The zero-order valence-electron chi connectivity index (χ0n) is 32.3. The highest BCUT2D eigenvalue weighted by molar-refractivity contribution is 5.97. The molecule has 8 aromatic carbocycles. The van der Waals surface area contributed by atoms with Crippen LogP contribution in [0.15, 0.2) is 224 Å². The number of hydrogen-bond donors (Lipinski definition) is 0. The van der Waals surface area contributed by atoms with E-state index >= 15 is 0 Å². The second-order valence-electron chi connectivity index (χ2n) is 15.7. The molecule has 2 aliphatic rings. The Morgan fingerprint density at radius 2 is 0.947 bits per heavy atom. The largest absolute Gasteiger partial charge is 0.311 e. The molecule has 1 atom stereocenters. The van der Waals surface area contributed by atoms with E-state index in [4.69, 9.17) is 0 Å². The number of hydrogen-bond acceptors (Lipinski definition) is 1. The molecule has 8 aromatic rings. The van der Waals surface area contributed by atoms with Crippen LogP contribution in [0.5, 0.6) is 0 Å². The quantitative estimate of drug-likeness (QED) is 0.158. The first kappa shape index (κ1) is 34.5. The van der Waals surface area contributed by atoms with Gasteiger partial charge in [0.15, 0.2) is 0 Å². The lowest BCUT2D eigenvalue weighted by Crippen LogP contribution is -2.16. The van der Waals surface area contributed by atoms with Crippen LogP contribution in [0, 0.1) is 0 Å². The van der Waals surface area contributed by atoms with Crippen molar-refractivity contribution in [3.8, 4) is 33.4 Å². The van der Waals surface area contributed by atoms with Gasteiger partial charge in [0.25, 0.3) is 0 Å². The molecule has 0 N–H and O–H groups in total. The van der Waals surface area contributed by atoms with Gasteiger partial charge in [-0.15, -0.1) is 0 Å². The molecule has 57 heavy (non-hydrogen) atoms. The molecule has 10 rings (SSSR count). The zero-order chi connectivity index (χ0) is 38.3. The third kappa shape index (κ3) is 6.32. The second-order valence-corrected chi connectivity index (χ2v) is 15.7. The summed E-state index contributed by atoms with van der Waals surface area (Å²) in [6.07, 6.45) is 9.44. The molecule has 0 fully saturated rings. The molecule has 0 aliphatic heterocycles. The Labute approximate surface area is 336 Å². The fourth-order valence-corrected chi connectivity index (χ4v) is 8.89. The molecule has 1 unspecified atom stereocenters. The molecule has 0 saturated heterocycles. The van der Waals surface area contributed by atoms with Crippen LogP contribution in [0.25, 0.3) is 49.7 Å². The molecule has 0 amide bonds. The summed E-state index contributed by atoms with van der Waals surface area (Å²) in [5, 5.41) is 2.52. The van der Waals surface area contributed by atoms with E-state index in [0.29, 0.717) is 0 Å². The molecular formula is C56H43N. The molecule has 0 radical (unpaired) electrons. The van der Waals surface area contributed by atoms with Gasteiger partial charge in [0, 0.05) is 28.4 Å². The van der Waals surface area contributed by atoms with Crippen molar-refractivity contribution >= 4 is 33.4 Å². The SMILES string of the molecule is CC1(C)C2=C(C=CC(c3ccccc3)C=C2)c2ccc(-c3ccc(N(c4ccc(-c5ccccc5)cc4)c4ccc(-c5cccc6ccccc56)cc4)cc3)cc21. The number of nitrogens with zero attached hydrogens (tertiary/aromatic N) is 1. The van der Waals surface area contributed by atoms with Crippen LogP contribution < -0.4 is 4.90 Å². The number of fused-ring (bicyclic) bond motifs is 3. The van der Waals surface area contributed by atoms with Crippen molar-refractivity contribution in [3.63, 3.8) is 0 Å². The van der Waals surface area contributed by atoms with Crippen molar-refractivity contribution in [3.05, 3.63) is 241 Å². The molecule has 0 spiro atoms. The van der Waals surface area contributed by atoms with Gasteiger partial charge in [-0.2, -0.15) is 0 Å². The monoisotopic (exact) mass is 729 g/mol. The van der Waals surface area contributed by atoms with E-state index < -0.39 is 0 Å². The summed E-state index contributed by atoms with van der Waals surface area (Å²) < 4.78 is 0. The lowest BCUT2D eigenvalue weighted by atomic mass is 9.80. The summed E-state index contributed by atoms with van der Waals surface area (Å²) >= 11 is 0. The van der Waals surface area contributed by atoms with Gasteiger partial charge < -0.3 is 4.90 Å². The molecule has 0 saturated carbocycles.